The van der Waals surface area contributed by atoms with Gasteiger partial charge in [0.1, 0.15) is 0 Å². The van der Waals surface area contributed by atoms with Gasteiger partial charge in [0.25, 0.3) is 10.1 Å². The van der Waals surface area contributed by atoms with E-state index in [0.29, 0.717) is 0 Å². The number of aromatic hydroxyl groups is 3. The van der Waals surface area contributed by atoms with Crippen LogP contribution in [0, 0.1) is 0 Å². The van der Waals surface area contributed by atoms with E-state index in [2.05, 4.69) is 0 Å². The summed E-state index contributed by atoms with van der Waals surface area (Å²) in [7, 11) is -4.25. The number of rotatable bonds is 3. The minimum absolute atomic E-state index is 0.310. The van der Waals surface area contributed by atoms with E-state index < -0.39 is 40.6 Å². The molecule has 0 heterocycles. The summed E-state index contributed by atoms with van der Waals surface area (Å²) in [5, 5.41) is 26.1. The van der Waals surface area contributed by atoms with Crippen LogP contribution in [0.3, 0.4) is 0 Å². The van der Waals surface area contributed by atoms with Gasteiger partial charge >= 0.3 is 6.18 Å². The van der Waals surface area contributed by atoms with Crippen LogP contribution in [0.2, 0.25) is 0 Å². The lowest BCUT2D eigenvalue weighted by molar-refractivity contribution is -0.134. The molecule has 0 aromatic heterocycles. The number of benzene rings is 1. The number of phenolic OH excluding ortho intramolecular Hbond substituents is 3. The Morgan fingerprint density at radius 1 is 1.05 bits per heavy atom. The summed E-state index contributed by atoms with van der Waals surface area (Å²) in [5.41, 5.74) is 0. The molecular formula is C10H13F3O6S. The molecule has 20 heavy (non-hydrogen) atoms. The number of hydrogen-bond donors (Lipinski definition) is 4. The number of alkyl halides is 3. The molecule has 0 atom stereocenters. The zero-order valence-corrected chi connectivity index (χ0v) is 10.8. The number of halogens is 3. The maximum Gasteiger partial charge on any atom is 0.389 e. The molecule has 10 heteroatoms. The van der Waals surface area contributed by atoms with E-state index in [-0.39, 0.29) is 11.5 Å². The Morgan fingerprint density at radius 3 is 1.80 bits per heavy atom. The summed E-state index contributed by atoms with van der Waals surface area (Å²) < 4.78 is 61.9. The molecule has 6 nitrogen and oxygen atoms in total. The first-order valence-corrected chi connectivity index (χ1v) is 6.75. The lowest BCUT2D eigenvalue weighted by Crippen LogP contribution is -2.11. The third-order valence-corrected chi connectivity index (χ3v) is 2.66. The van der Waals surface area contributed by atoms with Gasteiger partial charge in [0.05, 0.1) is 5.75 Å². The van der Waals surface area contributed by atoms with Crippen LogP contribution < -0.4 is 0 Å². The van der Waals surface area contributed by atoms with Gasteiger partial charge in [-0.25, -0.2) is 0 Å². The molecule has 0 fully saturated rings. The highest BCUT2D eigenvalue weighted by molar-refractivity contribution is 7.85. The van der Waals surface area contributed by atoms with Crippen molar-refractivity contribution in [2.24, 2.45) is 0 Å². The van der Waals surface area contributed by atoms with Gasteiger partial charge in [0.15, 0.2) is 17.2 Å². The van der Waals surface area contributed by atoms with Gasteiger partial charge in [-0.1, -0.05) is 6.07 Å². The first-order valence-electron chi connectivity index (χ1n) is 5.14. The average Bonchev–Trinajstić information content (AvgIpc) is 2.23. The van der Waals surface area contributed by atoms with Crippen LogP contribution in [0.15, 0.2) is 18.2 Å². The van der Waals surface area contributed by atoms with Crippen molar-refractivity contribution in [2.75, 3.05) is 5.75 Å². The second-order valence-corrected chi connectivity index (χ2v) is 5.22. The molecule has 0 radical (unpaired) electrons. The van der Waals surface area contributed by atoms with E-state index in [0.717, 1.165) is 0 Å². The molecule has 0 aliphatic heterocycles. The molecule has 0 saturated heterocycles. The molecule has 1 aromatic rings. The highest BCUT2D eigenvalue weighted by atomic mass is 32.2. The van der Waals surface area contributed by atoms with Gasteiger partial charge in [-0.15, -0.1) is 0 Å². The Kier molecular flexibility index (Phi) is 6.59. The predicted molar refractivity (Wildman–Crippen MR) is 63.1 cm³/mol. The summed E-state index contributed by atoms with van der Waals surface area (Å²) in [6.45, 7) is 0. The second kappa shape index (κ2) is 7.20. The standard InChI is InChI=1S/C6H6O3.C4H7F3O3S/c7-4-2-1-3-5(8)6(4)9;5-4(6,7)2-1-3-11(8,9)10/h1-3,7-9H;1-3H2,(H,8,9,10). The smallest absolute Gasteiger partial charge is 0.389 e. The van der Waals surface area contributed by atoms with E-state index in [4.69, 9.17) is 19.9 Å². The molecule has 0 aliphatic carbocycles. The second-order valence-electron chi connectivity index (χ2n) is 3.65. The van der Waals surface area contributed by atoms with Crippen molar-refractivity contribution in [2.45, 2.75) is 19.0 Å². The maximum atomic E-state index is 11.4. The zero-order chi connectivity index (χ0) is 16.0. The lowest BCUT2D eigenvalue weighted by Gasteiger charge is -2.03. The SMILES string of the molecule is O=S(=O)(O)CCCC(F)(F)F.Oc1cccc(O)c1O. The Morgan fingerprint density at radius 2 is 1.50 bits per heavy atom. The van der Waals surface area contributed by atoms with Gasteiger partial charge in [-0.3, -0.25) is 4.55 Å². The average molecular weight is 318 g/mol. The van der Waals surface area contributed by atoms with Crippen molar-refractivity contribution in [3.8, 4) is 17.2 Å². The lowest BCUT2D eigenvalue weighted by atomic mass is 10.3. The van der Waals surface area contributed by atoms with E-state index in [9.17, 15) is 21.6 Å². The van der Waals surface area contributed by atoms with Crippen molar-refractivity contribution < 1.29 is 41.5 Å². The molecule has 0 unspecified atom stereocenters. The summed E-state index contributed by atoms with van der Waals surface area (Å²) in [4.78, 5) is 0. The topological polar surface area (TPSA) is 115 Å². The van der Waals surface area contributed by atoms with Gasteiger partial charge < -0.3 is 15.3 Å². The molecule has 0 saturated carbocycles. The van der Waals surface area contributed by atoms with Crippen LogP contribution >= 0.6 is 0 Å². The Hall–Kier alpha value is -1.68. The van der Waals surface area contributed by atoms with Crippen molar-refractivity contribution in [3.05, 3.63) is 18.2 Å². The van der Waals surface area contributed by atoms with Crippen molar-refractivity contribution >= 4 is 10.1 Å². The molecular weight excluding hydrogens is 305 g/mol. The minimum atomic E-state index is -4.36. The van der Waals surface area contributed by atoms with Crippen LogP contribution in [0.25, 0.3) is 0 Å². The third kappa shape index (κ3) is 9.28. The van der Waals surface area contributed by atoms with E-state index in [1.54, 1.807) is 0 Å². The highest BCUT2D eigenvalue weighted by Crippen LogP contribution is 2.32. The Balaban J connectivity index is 0.000000367. The monoisotopic (exact) mass is 318 g/mol. The van der Waals surface area contributed by atoms with E-state index >= 15 is 0 Å². The number of para-hydroxylation sites is 1. The molecule has 116 valence electrons. The zero-order valence-electron chi connectivity index (χ0n) is 10.0. The third-order valence-electron chi connectivity index (χ3n) is 1.86. The van der Waals surface area contributed by atoms with Crippen LogP contribution in [0.4, 0.5) is 13.2 Å². The van der Waals surface area contributed by atoms with Crippen molar-refractivity contribution in [1.82, 2.24) is 0 Å². The van der Waals surface area contributed by atoms with Crippen molar-refractivity contribution in [1.29, 1.82) is 0 Å². The minimum Gasteiger partial charge on any atom is -0.504 e. The Labute approximate surface area is 112 Å². The van der Waals surface area contributed by atoms with Gasteiger partial charge in [-0.2, -0.15) is 21.6 Å². The summed E-state index contributed by atoms with van der Waals surface area (Å²) >= 11 is 0. The molecule has 0 amide bonds. The first kappa shape index (κ1) is 18.3. The molecule has 1 aromatic carbocycles. The maximum absolute atomic E-state index is 11.4. The van der Waals surface area contributed by atoms with Gasteiger partial charge in [0.2, 0.25) is 0 Å². The highest BCUT2D eigenvalue weighted by Gasteiger charge is 2.26. The fourth-order valence-corrected chi connectivity index (χ4v) is 1.48. The Bertz CT molecular complexity index is 506. The molecule has 0 spiro atoms. The molecule has 0 aliphatic rings. The number of hydrogen-bond acceptors (Lipinski definition) is 5. The first-order chi connectivity index (χ1) is 8.92. The summed E-state index contributed by atoms with van der Waals surface area (Å²) in [6, 6.07) is 4.01. The normalized spacial score (nSPS) is 11.6. The van der Waals surface area contributed by atoms with Crippen LogP contribution in [0.1, 0.15) is 12.8 Å². The molecule has 0 bridgehead atoms. The van der Waals surface area contributed by atoms with Crippen LogP contribution in [0.5, 0.6) is 17.2 Å². The summed E-state index contributed by atoms with van der Waals surface area (Å²) in [6.07, 6.45) is -6.14. The van der Waals surface area contributed by atoms with Crippen LogP contribution in [-0.4, -0.2) is 40.2 Å². The largest absolute Gasteiger partial charge is 0.504 e. The van der Waals surface area contributed by atoms with Crippen LogP contribution in [-0.2, 0) is 10.1 Å². The molecule has 4 N–H and O–H groups in total. The van der Waals surface area contributed by atoms with Gasteiger partial charge in [0, 0.05) is 6.42 Å². The quantitative estimate of drug-likeness (QED) is 0.500. The number of phenols is 3. The fraction of sp³-hybridized carbons (Fsp3) is 0.400. The molecule has 1 rings (SSSR count). The van der Waals surface area contributed by atoms with E-state index in [1.165, 1.54) is 18.2 Å². The van der Waals surface area contributed by atoms with Gasteiger partial charge in [-0.05, 0) is 18.6 Å². The van der Waals surface area contributed by atoms with Crippen molar-refractivity contribution in [3.63, 3.8) is 0 Å². The fourth-order valence-electron chi connectivity index (χ4n) is 0.975. The van der Waals surface area contributed by atoms with E-state index in [1.807, 2.05) is 0 Å². The predicted octanol–water partition coefficient (Wildman–Crippen LogP) is 2.02. The summed E-state index contributed by atoms with van der Waals surface area (Å²) in [5.74, 6) is -1.94.